The van der Waals surface area contributed by atoms with Crippen LogP contribution in [-0.2, 0) is 14.3 Å². The van der Waals surface area contributed by atoms with E-state index in [2.05, 4.69) is 5.32 Å². The number of rotatable bonds is 6. The molecule has 0 spiro atoms. The van der Waals surface area contributed by atoms with E-state index in [1.54, 1.807) is 6.07 Å². The van der Waals surface area contributed by atoms with E-state index in [1.807, 2.05) is 24.5 Å². The zero-order valence-electron chi connectivity index (χ0n) is 13.0. The molecule has 2 rings (SSSR count). The summed E-state index contributed by atoms with van der Waals surface area (Å²) in [5, 5.41) is 2.69. The summed E-state index contributed by atoms with van der Waals surface area (Å²) in [6.07, 6.45) is 4.59. The van der Waals surface area contributed by atoms with Crippen molar-refractivity contribution in [3.05, 3.63) is 66.0 Å². The van der Waals surface area contributed by atoms with Crippen molar-refractivity contribution in [1.29, 1.82) is 0 Å². The molecule has 2 aromatic rings. The second kappa shape index (κ2) is 8.88. The molecule has 0 aromatic heterocycles. The van der Waals surface area contributed by atoms with Crippen molar-refractivity contribution in [3.63, 3.8) is 0 Å². The number of ether oxygens (including phenoxy) is 1. The molecule has 2 aromatic carbocycles. The Hall–Kier alpha value is -2.60. The Bertz CT molecular complexity index is 744. The smallest absolute Gasteiger partial charge is 0.331 e. The molecule has 124 valence electrons. The second-order valence-electron chi connectivity index (χ2n) is 4.74. The third-order valence-corrected chi connectivity index (χ3v) is 3.80. The molecule has 0 radical (unpaired) electrons. The molecule has 0 bridgehead atoms. The molecule has 0 heterocycles. The molecule has 0 aliphatic rings. The van der Waals surface area contributed by atoms with Gasteiger partial charge in [0.15, 0.2) is 6.61 Å². The monoisotopic (exact) mass is 345 g/mol. The maximum absolute atomic E-state index is 12.8. The molecule has 1 N–H and O–H groups in total. The lowest BCUT2D eigenvalue weighted by atomic mass is 10.2. The average molecular weight is 345 g/mol. The summed E-state index contributed by atoms with van der Waals surface area (Å²) in [7, 11) is 0. The first-order valence-electron chi connectivity index (χ1n) is 7.12. The average Bonchev–Trinajstić information content (AvgIpc) is 2.60. The van der Waals surface area contributed by atoms with Crippen LogP contribution in [0, 0.1) is 5.82 Å². The molecular weight excluding hydrogens is 329 g/mol. The van der Waals surface area contributed by atoms with Gasteiger partial charge in [0.2, 0.25) is 0 Å². The Kier molecular flexibility index (Phi) is 6.57. The minimum Gasteiger partial charge on any atom is -0.452 e. The molecule has 0 atom stereocenters. The third-order valence-electron chi connectivity index (χ3n) is 3.01. The number of nitrogens with one attached hydrogen (secondary N) is 1. The van der Waals surface area contributed by atoms with Gasteiger partial charge in [-0.2, -0.15) is 0 Å². The standard InChI is InChI=1S/C18H16FNO3S/c1-24-16-5-3-2-4-15(16)20-17(21)12-23-18(22)11-8-13-6-9-14(19)10-7-13/h2-11H,12H2,1H3,(H,20,21)/b11-8+. The number of hydrogen-bond donors (Lipinski definition) is 1. The van der Waals surface area contributed by atoms with Crippen LogP contribution in [0.4, 0.5) is 10.1 Å². The van der Waals surface area contributed by atoms with Gasteiger partial charge in [-0.25, -0.2) is 9.18 Å². The van der Waals surface area contributed by atoms with Crippen molar-refractivity contribution in [3.8, 4) is 0 Å². The van der Waals surface area contributed by atoms with Crippen molar-refractivity contribution in [2.45, 2.75) is 4.90 Å². The number of carbonyl (C=O) groups is 2. The van der Waals surface area contributed by atoms with Gasteiger partial charge in [0.25, 0.3) is 5.91 Å². The summed E-state index contributed by atoms with van der Waals surface area (Å²) in [5.74, 6) is -1.41. The third kappa shape index (κ3) is 5.55. The Morgan fingerprint density at radius 3 is 2.58 bits per heavy atom. The van der Waals surface area contributed by atoms with E-state index in [4.69, 9.17) is 4.74 Å². The van der Waals surface area contributed by atoms with Crippen molar-refractivity contribution in [2.24, 2.45) is 0 Å². The largest absolute Gasteiger partial charge is 0.452 e. The van der Waals surface area contributed by atoms with E-state index in [-0.39, 0.29) is 12.4 Å². The van der Waals surface area contributed by atoms with E-state index in [1.165, 1.54) is 48.2 Å². The van der Waals surface area contributed by atoms with Crippen LogP contribution in [0.5, 0.6) is 0 Å². The summed E-state index contributed by atoms with van der Waals surface area (Å²) < 4.78 is 17.6. The Morgan fingerprint density at radius 1 is 1.17 bits per heavy atom. The number of para-hydroxylation sites is 1. The van der Waals surface area contributed by atoms with Crippen LogP contribution < -0.4 is 5.32 Å². The maximum Gasteiger partial charge on any atom is 0.331 e. The van der Waals surface area contributed by atoms with E-state index >= 15 is 0 Å². The van der Waals surface area contributed by atoms with Gasteiger partial charge in [0.1, 0.15) is 5.82 Å². The summed E-state index contributed by atoms with van der Waals surface area (Å²) in [6, 6.07) is 13.0. The van der Waals surface area contributed by atoms with E-state index in [0.29, 0.717) is 11.3 Å². The minimum absolute atomic E-state index is 0.350. The highest BCUT2D eigenvalue weighted by atomic mass is 32.2. The van der Waals surface area contributed by atoms with Crippen molar-refractivity contribution in [1.82, 2.24) is 0 Å². The van der Waals surface area contributed by atoms with Crippen LogP contribution in [0.1, 0.15) is 5.56 Å². The number of amides is 1. The molecular formula is C18H16FNO3S. The van der Waals surface area contributed by atoms with E-state index < -0.39 is 11.9 Å². The lowest BCUT2D eigenvalue weighted by Gasteiger charge is -2.08. The number of benzene rings is 2. The minimum atomic E-state index is -0.646. The molecule has 6 heteroatoms. The van der Waals surface area contributed by atoms with Crippen LogP contribution in [0.15, 0.2) is 59.5 Å². The highest BCUT2D eigenvalue weighted by Crippen LogP contribution is 2.24. The molecule has 4 nitrogen and oxygen atoms in total. The maximum atomic E-state index is 12.8. The highest BCUT2D eigenvalue weighted by molar-refractivity contribution is 7.98. The summed E-state index contributed by atoms with van der Waals surface area (Å²) >= 11 is 1.51. The number of esters is 1. The number of carbonyl (C=O) groups excluding carboxylic acids is 2. The van der Waals surface area contributed by atoms with E-state index in [0.717, 1.165) is 4.90 Å². The number of anilines is 1. The lowest BCUT2D eigenvalue weighted by Crippen LogP contribution is -2.20. The van der Waals surface area contributed by atoms with Crippen LogP contribution in [0.2, 0.25) is 0 Å². The number of hydrogen-bond acceptors (Lipinski definition) is 4. The zero-order valence-corrected chi connectivity index (χ0v) is 13.8. The molecule has 0 unspecified atom stereocenters. The molecule has 0 aliphatic heterocycles. The lowest BCUT2D eigenvalue weighted by molar-refractivity contribution is -0.142. The van der Waals surface area contributed by atoms with Crippen LogP contribution in [0.25, 0.3) is 6.08 Å². The van der Waals surface area contributed by atoms with Crippen LogP contribution in [0.3, 0.4) is 0 Å². The fourth-order valence-electron chi connectivity index (χ4n) is 1.86. The first kappa shape index (κ1) is 17.7. The Balaban J connectivity index is 1.82. The normalized spacial score (nSPS) is 10.6. The second-order valence-corrected chi connectivity index (χ2v) is 5.59. The molecule has 1 amide bonds. The molecule has 0 fully saturated rings. The van der Waals surface area contributed by atoms with Gasteiger partial charge in [0.05, 0.1) is 5.69 Å². The molecule has 0 saturated heterocycles. The number of halogens is 1. The topological polar surface area (TPSA) is 55.4 Å². The predicted molar refractivity (Wildman–Crippen MR) is 93.2 cm³/mol. The van der Waals surface area contributed by atoms with Gasteiger partial charge in [-0.05, 0) is 42.2 Å². The fourth-order valence-corrected chi connectivity index (χ4v) is 2.41. The van der Waals surface area contributed by atoms with Gasteiger partial charge >= 0.3 is 5.97 Å². The van der Waals surface area contributed by atoms with Crippen LogP contribution in [-0.4, -0.2) is 24.7 Å². The van der Waals surface area contributed by atoms with E-state index in [9.17, 15) is 14.0 Å². The highest BCUT2D eigenvalue weighted by Gasteiger charge is 2.08. The number of thioether (sulfide) groups is 1. The van der Waals surface area contributed by atoms with Gasteiger partial charge in [-0.3, -0.25) is 4.79 Å². The summed E-state index contributed by atoms with van der Waals surface area (Å²) in [5.41, 5.74) is 1.33. The molecule has 0 saturated carbocycles. The predicted octanol–water partition coefficient (Wildman–Crippen LogP) is 3.74. The SMILES string of the molecule is CSc1ccccc1NC(=O)COC(=O)/C=C/c1ccc(F)cc1. The quantitative estimate of drug-likeness (QED) is 0.492. The van der Waals surface area contributed by atoms with Gasteiger partial charge < -0.3 is 10.1 Å². The Labute approximate surface area is 143 Å². The Morgan fingerprint density at radius 2 is 1.88 bits per heavy atom. The van der Waals surface area contributed by atoms with Gasteiger partial charge in [-0.15, -0.1) is 11.8 Å². The fraction of sp³-hybridized carbons (Fsp3) is 0.111. The summed E-state index contributed by atoms with van der Waals surface area (Å²) in [6.45, 7) is -0.380. The first-order valence-corrected chi connectivity index (χ1v) is 8.34. The van der Waals surface area contributed by atoms with Crippen molar-refractivity contribution < 1.29 is 18.7 Å². The summed E-state index contributed by atoms with van der Waals surface area (Å²) in [4.78, 5) is 24.4. The van der Waals surface area contributed by atoms with Crippen molar-refractivity contribution in [2.75, 3.05) is 18.2 Å². The molecule has 0 aliphatic carbocycles. The van der Waals surface area contributed by atoms with Crippen LogP contribution >= 0.6 is 11.8 Å². The zero-order chi connectivity index (χ0) is 17.4. The van der Waals surface area contributed by atoms with Gasteiger partial charge in [-0.1, -0.05) is 24.3 Å². The van der Waals surface area contributed by atoms with Crippen molar-refractivity contribution >= 4 is 35.4 Å². The van der Waals surface area contributed by atoms with Gasteiger partial charge in [0, 0.05) is 11.0 Å². The first-order chi connectivity index (χ1) is 11.6. The molecule has 24 heavy (non-hydrogen) atoms.